The minimum absolute atomic E-state index is 0. The van der Waals surface area contributed by atoms with Crippen LogP contribution < -0.4 is 20.7 Å². The first-order valence-electron chi connectivity index (χ1n) is 58.2. The normalized spacial score (nSPS) is 14.7. The van der Waals surface area contributed by atoms with Crippen molar-refractivity contribution in [3.05, 3.63) is 411 Å². The number of rotatable bonds is 18. The summed E-state index contributed by atoms with van der Waals surface area (Å²) in [5, 5.41) is 5.20. The van der Waals surface area contributed by atoms with E-state index in [0.29, 0.717) is 79.4 Å². The zero-order valence-corrected chi connectivity index (χ0v) is 88.0. The summed E-state index contributed by atoms with van der Waals surface area (Å²) < 4.78 is 275. The maximum absolute atomic E-state index is 8.12. The van der Waals surface area contributed by atoms with Crippen LogP contribution in [0, 0.1) is 48.5 Å². The fraction of sp³-hybridized carbons (Fsp3) is 0.214. The molecule has 8 heterocycles. The van der Waals surface area contributed by atoms with Crippen molar-refractivity contribution in [3.63, 3.8) is 0 Å². The van der Waals surface area contributed by atoms with Gasteiger partial charge in [0.1, 0.15) is 0 Å². The van der Waals surface area contributed by atoms with E-state index < -0.39 is 68.8 Å². The van der Waals surface area contributed by atoms with Crippen LogP contribution in [0.1, 0.15) is 138 Å². The van der Waals surface area contributed by atoms with Gasteiger partial charge in [-0.05, 0) is 138 Å². The molecule has 0 amide bonds. The third kappa shape index (κ3) is 35.4. The molecule has 0 N–H and O–H groups in total. The van der Waals surface area contributed by atoms with Gasteiger partial charge >= 0.3 is 0 Å². The van der Waals surface area contributed by atoms with Crippen LogP contribution >= 0.6 is 0 Å². The molecule has 1 atom stereocenters. The second-order valence-electron chi connectivity index (χ2n) is 32.0. The van der Waals surface area contributed by atoms with E-state index in [1.165, 1.54) is 67.3 Å². The van der Waals surface area contributed by atoms with Gasteiger partial charge < -0.3 is 39.9 Å². The molecular formula is C112H120Ir4N8Si4-8. The van der Waals surface area contributed by atoms with Crippen molar-refractivity contribution in [1.82, 2.24) is 39.9 Å². The summed E-state index contributed by atoms with van der Waals surface area (Å²) >= 11 is 0. The molecule has 0 bridgehead atoms. The molecule has 16 aromatic rings. The second-order valence-corrected chi connectivity index (χ2v) is 52.1. The first-order chi connectivity index (χ1) is 74.4. The number of aromatic nitrogens is 8. The Labute approximate surface area is 875 Å². The standard InChI is InChI=1S/C18H24NSi.2C17H22NSi.C16H20NSi.4C11H8N.4Ir/c1-6-14(2)16-12-17(15-10-8-7-9-11-15)19-13-18(16)20(3,4)5;1-13(2)15-11-16(14-9-7-6-8-10-14)18-12-17(15)19(3,4)5;1-5-9-15-12-16(14-10-7-6-8-11-14)18-13-17(15)19(2,3)4;1-5-13-11-15(14-9-7-6-8-10-14)17-12-16(13)18(2,3)4;4*1-2-6-10(7-3-1)11-8-4-5-9-12-11;;;;/h7-10,12-14H,6H2,1-5H3;6-9,11-13H,1-5H3;6-8,10,12-13H,5,9H2,1-4H3;6-9,11-12H,5H2,1-4H3;4*1-6,8-9H;;;;/q8*-1;;;;/i7D,8D,9D,10D;6D,7D,8D,9D;6D,7D,8D,10D;6D,7D,8D,9D;2*1D,2D,3D,4D,5D,8D,9D;2*1D,2D,3D;;;;. The molecule has 0 fully saturated rings. The van der Waals surface area contributed by atoms with Crippen molar-refractivity contribution < 1.29 is 130 Å². The van der Waals surface area contributed by atoms with Crippen LogP contribution in [0.15, 0.2) is 340 Å². The summed E-state index contributed by atoms with van der Waals surface area (Å²) in [6.07, 6.45) is 13.8. The van der Waals surface area contributed by atoms with Gasteiger partial charge in [0.05, 0.1) is 43.3 Å². The molecule has 0 aliphatic heterocycles. The third-order valence-corrected chi connectivity index (χ3v) is 26.5. The Kier molecular flexibility index (Phi) is 28.5. The Morgan fingerprint density at radius 1 is 0.289 bits per heavy atom. The SMILES string of the molecule is [2H]c1[c-]c(-c2cc(C(C)C)c([Si](C)(C)C)cn2)c([2H])c([2H])c1[2H].[2H]c1[c-]c(-c2cc(C(C)CC)c([Si](C)(C)C)cn2)c([2H])c([2H])c1[2H].[2H]c1[c-]c(-c2cc(CC)c([Si](C)(C)C)cn2)c([2H])c([2H])c1[2H].[2H]c1[c-]c(-c2cc(CCC)c([Si](C)(C)C)cn2)c([2H])c([2H])c1[2H].[2H]c1[c-]c(-c2ccccn2)cc([2H])c1[2H].[2H]c1[c-]c(-c2ccccn2)cc([2H])c1[2H].[2H]c1[c-]c(-c2nc([2H])c([2H])c([2H])c2[2H])cc([2H])c1[2H].[2H]c1[c-]c(-c2nc([2H])c([2H])c([2H])c2[2H])cc([2H])c1[2H].[Ir].[Ir].[Ir].[Ir]. The number of aryl methyl sites for hydroxylation is 2. The van der Waals surface area contributed by atoms with Crippen LogP contribution in [-0.4, -0.2) is 72.2 Å². The zero-order chi connectivity index (χ0) is 120. The molecule has 8 nitrogen and oxygen atoms in total. The van der Waals surface area contributed by atoms with Gasteiger partial charge in [0, 0.05) is 152 Å². The summed E-state index contributed by atoms with van der Waals surface area (Å²) in [6.45, 7) is 40.2. The van der Waals surface area contributed by atoms with Gasteiger partial charge in [0.2, 0.25) is 0 Å². The summed E-state index contributed by atoms with van der Waals surface area (Å²) in [5.74, 6) is 0.707. The van der Waals surface area contributed by atoms with Crippen LogP contribution in [0.4, 0.5) is 0 Å². The van der Waals surface area contributed by atoms with Gasteiger partial charge in [-0.15, -0.1) is 286 Å². The van der Waals surface area contributed by atoms with Crippen LogP contribution in [-0.2, 0) is 93.3 Å². The van der Waals surface area contributed by atoms with Crippen LogP contribution in [0.25, 0.3) is 90.1 Å². The molecule has 0 saturated heterocycles. The minimum Gasteiger partial charge on any atom is -0.305 e. The molecule has 128 heavy (non-hydrogen) atoms. The van der Waals surface area contributed by atoms with E-state index in [4.69, 9.17) is 49.3 Å². The van der Waals surface area contributed by atoms with Crippen molar-refractivity contribution >= 4 is 53.0 Å². The smallest absolute Gasteiger partial charge is 0.0830 e. The Morgan fingerprint density at radius 2 is 0.586 bits per heavy atom. The van der Waals surface area contributed by atoms with Crippen molar-refractivity contribution in [2.45, 2.75) is 158 Å². The van der Waals surface area contributed by atoms with E-state index in [-0.39, 0.29) is 284 Å². The topological polar surface area (TPSA) is 103 Å². The molecule has 8 aromatic heterocycles. The molecular weight excluding hydrogens is 2340 g/mol. The maximum atomic E-state index is 8.12. The zero-order valence-electron chi connectivity index (χ0n) is 110. The van der Waals surface area contributed by atoms with Crippen molar-refractivity contribution in [1.29, 1.82) is 0 Å². The molecule has 1 unspecified atom stereocenters. The van der Waals surface area contributed by atoms with Crippen molar-refractivity contribution in [2.24, 2.45) is 0 Å². The summed E-state index contributed by atoms with van der Waals surface area (Å²) in [5.41, 5.74) is 11.1. The largest absolute Gasteiger partial charge is 0.305 e. The summed E-state index contributed by atoms with van der Waals surface area (Å²) in [4.78, 5) is 33.6. The third-order valence-electron chi connectivity index (χ3n) is 18.3. The molecule has 0 aliphatic rings. The van der Waals surface area contributed by atoms with E-state index in [0.717, 1.165) is 25.7 Å². The van der Waals surface area contributed by atoms with Gasteiger partial charge in [-0.3, -0.25) is 0 Å². The van der Waals surface area contributed by atoms with E-state index in [2.05, 4.69) is 209 Å². The number of pyridine rings is 8. The van der Waals surface area contributed by atoms with E-state index in [1.807, 2.05) is 61.2 Å². The van der Waals surface area contributed by atoms with Gasteiger partial charge in [-0.25, -0.2) is 0 Å². The average molecular weight is 2500 g/mol. The van der Waals surface area contributed by atoms with Gasteiger partial charge in [0.25, 0.3) is 0 Å². The number of nitrogens with zero attached hydrogens (tertiary/aromatic N) is 8. The second kappa shape index (κ2) is 56.1. The van der Waals surface area contributed by atoms with Crippen LogP contribution in [0.3, 0.4) is 0 Å². The fourth-order valence-corrected chi connectivity index (χ4v) is 18.5. The van der Waals surface area contributed by atoms with Crippen LogP contribution in [0.5, 0.6) is 0 Å². The van der Waals surface area contributed by atoms with Gasteiger partial charge in [0.15, 0.2) is 0 Å². The fourth-order valence-electron chi connectivity index (χ4n) is 11.9. The molecule has 0 spiro atoms. The van der Waals surface area contributed by atoms with E-state index in [1.54, 1.807) is 36.7 Å². The predicted molar refractivity (Wildman–Crippen MR) is 536 cm³/mol. The maximum Gasteiger partial charge on any atom is 0.0830 e. The van der Waals surface area contributed by atoms with Gasteiger partial charge in [-0.1, -0.05) is 221 Å². The molecule has 4 radical (unpaired) electrons. The molecule has 16 rings (SSSR count). The first-order valence-corrected chi connectivity index (χ1v) is 54.2. The Morgan fingerprint density at radius 3 is 0.898 bits per heavy atom. The van der Waals surface area contributed by atoms with Crippen LogP contribution in [0.2, 0.25) is 78.6 Å². The van der Waals surface area contributed by atoms with E-state index in [9.17, 15) is 0 Å². The summed E-state index contributed by atoms with van der Waals surface area (Å²) in [6, 6.07) is 38.2. The predicted octanol–water partition coefficient (Wildman–Crippen LogP) is 26.7. The molecule has 668 valence electrons. The van der Waals surface area contributed by atoms with E-state index >= 15 is 0 Å². The van der Waals surface area contributed by atoms with Crippen molar-refractivity contribution in [2.75, 3.05) is 0 Å². The Hall–Kier alpha value is -9.58. The Bertz CT molecular complexity index is 7800. The number of hydrogen-bond donors (Lipinski definition) is 0. The summed E-state index contributed by atoms with van der Waals surface area (Å²) in [7, 11) is -6.08. The quantitative estimate of drug-likeness (QED) is 0.0618. The number of benzene rings is 8. The average Bonchev–Trinajstić information content (AvgIpc) is 0.780. The van der Waals surface area contributed by atoms with Crippen molar-refractivity contribution in [3.8, 4) is 90.1 Å². The Balaban J connectivity index is 0.000000328. The first kappa shape index (κ1) is 65.1. The number of hydrogen-bond acceptors (Lipinski definition) is 8. The monoisotopic (exact) mass is 2500 g/mol. The molecule has 0 saturated carbocycles. The molecule has 8 aromatic carbocycles. The van der Waals surface area contributed by atoms with Gasteiger partial charge in [-0.2, -0.15) is 0 Å². The molecule has 0 aliphatic carbocycles. The minimum atomic E-state index is -1.55. The molecule has 16 heteroatoms.